The molecule has 2 N–H and O–H groups in total. The lowest BCUT2D eigenvalue weighted by atomic mass is 10.0. The summed E-state index contributed by atoms with van der Waals surface area (Å²) in [6.45, 7) is 0. The Morgan fingerprint density at radius 1 is 1.37 bits per heavy atom. The summed E-state index contributed by atoms with van der Waals surface area (Å²) in [5, 5.41) is 7.91. The fraction of sp³-hybridized carbons (Fsp3) is 0.154. The van der Waals surface area contributed by atoms with Gasteiger partial charge in [0.05, 0.1) is 0 Å². The number of anilines is 2. The van der Waals surface area contributed by atoms with E-state index in [9.17, 15) is 9.59 Å². The van der Waals surface area contributed by atoms with Crippen LogP contribution in [0.15, 0.2) is 29.8 Å². The van der Waals surface area contributed by atoms with Crippen LogP contribution in [0.1, 0.15) is 22.3 Å². The van der Waals surface area contributed by atoms with Gasteiger partial charge in [-0.15, -0.1) is 11.3 Å². The molecule has 0 aliphatic carbocycles. The summed E-state index contributed by atoms with van der Waals surface area (Å²) < 4.78 is 0. The molecule has 2 heterocycles. The SMILES string of the molecule is O=C1CCc2cc(C(=O)Nc3nccs3)ccc2N1. The third-order valence-electron chi connectivity index (χ3n) is 2.92. The van der Waals surface area contributed by atoms with Crippen molar-refractivity contribution < 1.29 is 9.59 Å². The van der Waals surface area contributed by atoms with Crippen LogP contribution in [-0.2, 0) is 11.2 Å². The molecule has 2 aromatic rings. The van der Waals surface area contributed by atoms with E-state index in [0.29, 0.717) is 23.5 Å². The van der Waals surface area contributed by atoms with E-state index < -0.39 is 0 Å². The lowest BCUT2D eigenvalue weighted by Gasteiger charge is -2.17. The maximum absolute atomic E-state index is 12.0. The van der Waals surface area contributed by atoms with Crippen molar-refractivity contribution >= 4 is 34.0 Å². The van der Waals surface area contributed by atoms with Crippen LogP contribution in [0.2, 0.25) is 0 Å². The molecule has 0 saturated carbocycles. The van der Waals surface area contributed by atoms with Gasteiger partial charge >= 0.3 is 0 Å². The highest BCUT2D eigenvalue weighted by Crippen LogP contribution is 2.24. The van der Waals surface area contributed by atoms with Crippen molar-refractivity contribution in [1.82, 2.24) is 4.98 Å². The predicted octanol–water partition coefficient (Wildman–Crippen LogP) is 2.28. The summed E-state index contributed by atoms with van der Waals surface area (Å²) in [6, 6.07) is 5.29. The Morgan fingerprint density at radius 3 is 3.05 bits per heavy atom. The van der Waals surface area contributed by atoms with E-state index in [2.05, 4.69) is 15.6 Å². The number of fused-ring (bicyclic) bond motifs is 1. The average Bonchev–Trinajstić information content (AvgIpc) is 2.91. The molecule has 0 radical (unpaired) electrons. The number of rotatable bonds is 2. The summed E-state index contributed by atoms with van der Waals surface area (Å²) in [5.41, 5.74) is 2.36. The molecular weight excluding hydrogens is 262 g/mol. The maximum atomic E-state index is 12.0. The number of aryl methyl sites for hydroxylation is 1. The standard InChI is InChI=1S/C13H11N3O2S/c17-11-4-2-8-7-9(1-3-10(8)15-11)12(18)16-13-14-5-6-19-13/h1,3,5-7H,2,4H2,(H,15,17)(H,14,16,18). The van der Waals surface area contributed by atoms with E-state index in [1.807, 2.05) is 6.07 Å². The Balaban J connectivity index is 1.82. The highest BCUT2D eigenvalue weighted by molar-refractivity contribution is 7.13. The second-order valence-electron chi connectivity index (χ2n) is 4.21. The zero-order valence-corrected chi connectivity index (χ0v) is 10.8. The number of carbonyl (C=O) groups excluding carboxylic acids is 2. The molecule has 0 atom stereocenters. The van der Waals surface area contributed by atoms with Crippen molar-refractivity contribution in [2.24, 2.45) is 0 Å². The van der Waals surface area contributed by atoms with Crippen molar-refractivity contribution in [3.8, 4) is 0 Å². The van der Waals surface area contributed by atoms with Gasteiger partial charge < -0.3 is 5.32 Å². The zero-order chi connectivity index (χ0) is 13.2. The van der Waals surface area contributed by atoms with Gasteiger partial charge in [0.2, 0.25) is 5.91 Å². The first-order valence-corrected chi connectivity index (χ1v) is 6.74. The minimum atomic E-state index is -0.186. The quantitative estimate of drug-likeness (QED) is 0.881. The van der Waals surface area contributed by atoms with Gasteiger partial charge in [-0.1, -0.05) is 0 Å². The molecule has 5 nitrogen and oxygen atoms in total. The van der Waals surface area contributed by atoms with E-state index >= 15 is 0 Å². The second-order valence-corrected chi connectivity index (χ2v) is 5.11. The van der Waals surface area contributed by atoms with Crippen LogP contribution >= 0.6 is 11.3 Å². The Morgan fingerprint density at radius 2 is 2.26 bits per heavy atom. The number of carbonyl (C=O) groups is 2. The molecule has 1 aromatic heterocycles. The van der Waals surface area contributed by atoms with Gasteiger partial charge in [0.15, 0.2) is 5.13 Å². The molecule has 19 heavy (non-hydrogen) atoms. The van der Waals surface area contributed by atoms with Gasteiger partial charge in [-0.2, -0.15) is 0 Å². The third-order valence-corrected chi connectivity index (χ3v) is 3.60. The number of benzene rings is 1. The molecule has 2 amide bonds. The van der Waals surface area contributed by atoms with E-state index in [1.165, 1.54) is 11.3 Å². The van der Waals surface area contributed by atoms with Gasteiger partial charge in [0.25, 0.3) is 5.91 Å². The molecular formula is C13H11N3O2S. The minimum Gasteiger partial charge on any atom is -0.326 e. The number of amides is 2. The first kappa shape index (κ1) is 11.9. The number of hydrogen-bond donors (Lipinski definition) is 2. The van der Waals surface area contributed by atoms with Crippen LogP contribution in [0.3, 0.4) is 0 Å². The van der Waals surface area contributed by atoms with Crippen LogP contribution in [0.4, 0.5) is 10.8 Å². The lowest BCUT2D eigenvalue weighted by molar-refractivity contribution is -0.116. The van der Waals surface area contributed by atoms with E-state index in [0.717, 1.165) is 11.3 Å². The second kappa shape index (κ2) is 4.81. The summed E-state index contributed by atoms with van der Waals surface area (Å²) >= 11 is 1.37. The summed E-state index contributed by atoms with van der Waals surface area (Å²) in [6.07, 6.45) is 2.77. The van der Waals surface area contributed by atoms with Crippen LogP contribution in [0, 0.1) is 0 Å². The largest absolute Gasteiger partial charge is 0.326 e. The molecule has 0 saturated heterocycles. The first-order chi connectivity index (χ1) is 9.22. The Bertz CT molecular complexity index is 637. The number of hydrogen-bond acceptors (Lipinski definition) is 4. The first-order valence-electron chi connectivity index (χ1n) is 5.86. The smallest absolute Gasteiger partial charge is 0.257 e. The van der Waals surface area contributed by atoms with E-state index in [-0.39, 0.29) is 11.8 Å². The highest BCUT2D eigenvalue weighted by Gasteiger charge is 2.16. The monoisotopic (exact) mass is 273 g/mol. The summed E-state index contributed by atoms with van der Waals surface area (Å²) in [5.74, 6) is -0.165. The molecule has 96 valence electrons. The van der Waals surface area contributed by atoms with Gasteiger partial charge in [-0.05, 0) is 30.2 Å². The van der Waals surface area contributed by atoms with Crippen molar-refractivity contribution in [2.75, 3.05) is 10.6 Å². The fourth-order valence-electron chi connectivity index (χ4n) is 1.98. The Hall–Kier alpha value is -2.21. The summed E-state index contributed by atoms with van der Waals surface area (Å²) in [7, 11) is 0. The molecule has 1 aromatic carbocycles. The summed E-state index contributed by atoms with van der Waals surface area (Å²) in [4.78, 5) is 27.3. The number of thiazole rings is 1. The van der Waals surface area contributed by atoms with Gasteiger partial charge in [-0.25, -0.2) is 4.98 Å². The van der Waals surface area contributed by atoms with Crippen LogP contribution in [-0.4, -0.2) is 16.8 Å². The van der Waals surface area contributed by atoms with Crippen molar-refractivity contribution in [3.63, 3.8) is 0 Å². The maximum Gasteiger partial charge on any atom is 0.257 e. The van der Waals surface area contributed by atoms with E-state index in [4.69, 9.17) is 0 Å². The molecule has 6 heteroatoms. The van der Waals surface area contributed by atoms with E-state index in [1.54, 1.807) is 23.7 Å². The third kappa shape index (κ3) is 2.48. The van der Waals surface area contributed by atoms with Gasteiger partial charge in [-0.3, -0.25) is 14.9 Å². The molecule has 0 fully saturated rings. The fourth-order valence-corrected chi connectivity index (χ4v) is 2.50. The highest BCUT2D eigenvalue weighted by atomic mass is 32.1. The van der Waals surface area contributed by atoms with Crippen molar-refractivity contribution in [1.29, 1.82) is 0 Å². The molecule has 0 spiro atoms. The number of nitrogens with one attached hydrogen (secondary N) is 2. The van der Waals surface area contributed by atoms with Gasteiger partial charge in [0.1, 0.15) is 0 Å². The molecule has 1 aliphatic rings. The molecule has 0 unspecified atom stereocenters. The number of aromatic nitrogens is 1. The molecule has 0 bridgehead atoms. The predicted molar refractivity (Wildman–Crippen MR) is 73.5 cm³/mol. The molecule has 3 rings (SSSR count). The Labute approximate surface area is 113 Å². The van der Waals surface area contributed by atoms with Crippen LogP contribution in [0.5, 0.6) is 0 Å². The Kier molecular flexibility index (Phi) is 3.00. The topological polar surface area (TPSA) is 71.1 Å². The normalized spacial score (nSPS) is 13.6. The van der Waals surface area contributed by atoms with Crippen LogP contribution < -0.4 is 10.6 Å². The zero-order valence-electron chi connectivity index (χ0n) is 9.97. The number of nitrogens with zero attached hydrogens (tertiary/aromatic N) is 1. The molecule has 1 aliphatic heterocycles. The van der Waals surface area contributed by atoms with Crippen LogP contribution in [0.25, 0.3) is 0 Å². The lowest BCUT2D eigenvalue weighted by Crippen LogP contribution is -2.20. The van der Waals surface area contributed by atoms with Gasteiger partial charge in [0, 0.05) is 29.2 Å². The van der Waals surface area contributed by atoms with Crippen molar-refractivity contribution in [3.05, 3.63) is 40.9 Å². The minimum absolute atomic E-state index is 0.0208. The average molecular weight is 273 g/mol. The van der Waals surface area contributed by atoms with Crippen molar-refractivity contribution in [2.45, 2.75) is 12.8 Å².